The second-order valence-electron chi connectivity index (χ2n) is 2.60. The van der Waals surface area contributed by atoms with Crippen molar-refractivity contribution in [3.8, 4) is 0 Å². The molecule has 54 valence electrons. The van der Waals surface area contributed by atoms with Gasteiger partial charge in [-0.2, -0.15) is 0 Å². The van der Waals surface area contributed by atoms with Gasteiger partial charge in [-0.25, -0.2) is 4.39 Å². The summed E-state index contributed by atoms with van der Waals surface area (Å²) < 4.78 is 12.8. The molecule has 0 radical (unpaired) electrons. The fourth-order valence-corrected chi connectivity index (χ4v) is 0.924. The number of halogens is 1. The van der Waals surface area contributed by atoms with E-state index in [0.717, 1.165) is 11.1 Å². The van der Waals surface area contributed by atoms with Crippen LogP contribution in [0.25, 0.3) is 0 Å². The van der Waals surface area contributed by atoms with Crippen molar-refractivity contribution in [2.24, 2.45) is 0 Å². The van der Waals surface area contributed by atoms with Gasteiger partial charge in [0.1, 0.15) is 6.17 Å². The van der Waals surface area contributed by atoms with Crippen LogP contribution in [0.15, 0.2) is 35.5 Å². The van der Waals surface area contributed by atoms with Gasteiger partial charge in [-0.1, -0.05) is 23.3 Å². The zero-order valence-electron chi connectivity index (χ0n) is 6.26. The molecule has 10 heavy (non-hydrogen) atoms. The first-order valence-electron chi connectivity index (χ1n) is 3.37. The van der Waals surface area contributed by atoms with Crippen molar-refractivity contribution in [3.05, 3.63) is 35.5 Å². The van der Waals surface area contributed by atoms with Crippen LogP contribution in [0, 0.1) is 0 Å². The van der Waals surface area contributed by atoms with Crippen LogP contribution >= 0.6 is 0 Å². The van der Waals surface area contributed by atoms with Crippen molar-refractivity contribution < 1.29 is 4.39 Å². The predicted octanol–water partition coefficient (Wildman–Crippen LogP) is 2.79. The van der Waals surface area contributed by atoms with Gasteiger partial charge < -0.3 is 0 Å². The summed E-state index contributed by atoms with van der Waals surface area (Å²) in [7, 11) is 0. The fraction of sp³-hybridized carbons (Fsp3) is 0.333. The van der Waals surface area contributed by atoms with Gasteiger partial charge in [0.2, 0.25) is 0 Å². The molecule has 0 aromatic heterocycles. The maximum absolute atomic E-state index is 12.8. The van der Waals surface area contributed by atoms with E-state index in [-0.39, 0.29) is 0 Å². The van der Waals surface area contributed by atoms with Crippen LogP contribution in [0.4, 0.5) is 4.39 Å². The topological polar surface area (TPSA) is 0 Å². The fourth-order valence-electron chi connectivity index (χ4n) is 0.924. The largest absolute Gasteiger partial charge is 0.238 e. The van der Waals surface area contributed by atoms with Crippen LogP contribution in [0.3, 0.4) is 0 Å². The zero-order valence-corrected chi connectivity index (χ0v) is 6.26. The van der Waals surface area contributed by atoms with E-state index in [1.807, 2.05) is 26.0 Å². The molecule has 0 bridgehead atoms. The molecule has 1 aliphatic rings. The lowest BCUT2D eigenvalue weighted by Crippen LogP contribution is -1.88. The van der Waals surface area contributed by atoms with Gasteiger partial charge in [0, 0.05) is 0 Å². The highest BCUT2D eigenvalue weighted by Crippen LogP contribution is 2.11. The Morgan fingerprint density at radius 2 is 1.50 bits per heavy atom. The summed E-state index contributed by atoms with van der Waals surface area (Å²) in [5.41, 5.74) is 1.97. The lowest BCUT2D eigenvalue weighted by Gasteiger charge is -1.92. The molecule has 0 saturated heterocycles. The number of hydrogen-bond acceptors (Lipinski definition) is 0. The van der Waals surface area contributed by atoms with Crippen LogP contribution in [0.2, 0.25) is 0 Å². The second-order valence-corrected chi connectivity index (χ2v) is 2.60. The van der Waals surface area contributed by atoms with Crippen LogP contribution in [-0.4, -0.2) is 6.17 Å². The van der Waals surface area contributed by atoms with Crippen molar-refractivity contribution in [2.75, 3.05) is 0 Å². The normalized spacial score (nSPS) is 19.9. The molecule has 0 atom stereocenters. The zero-order chi connectivity index (χ0) is 7.56. The van der Waals surface area contributed by atoms with E-state index in [4.69, 9.17) is 0 Å². The summed E-state index contributed by atoms with van der Waals surface area (Å²) in [5.74, 6) is 0. The maximum Gasteiger partial charge on any atom is 0.138 e. The monoisotopic (exact) mass is 138 g/mol. The molecule has 0 nitrogen and oxygen atoms in total. The SMILES string of the molecule is CC1=CC(F)C=C(C)C=C1. The molecule has 0 amide bonds. The minimum atomic E-state index is -0.907. The van der Waals surface area contributed by atoms with Gasteiger partial charge >= 0.3 is 0 Å². The predicted molar refractivity (Wildman–Crippen MR) is 41.6 cm³/mol. The molecule has 0 saturated carbocycles. The molecule has 0 aromatic carbocycles. The molecule has 0 aliphatic heterocycles. The second kappa shape index (κ2) is 2.82. The lowest BCUT2D eigenvalue weighted by molar-refractivity contribution is 0.467. The summed E-state index contributed by atoms with van der Waals surface area (Å²) in [4.78, 5) is 0. The highest BCUT2D eigenvalue weighted by atomic mass is 19.1. The first-order valence-corrected chi connectivity index (χ1v) is 3.37. The van der Waals surface area contributed by atoms with Crippen LogP contribution in [-0.2, 0) is 0 Å². The van der Waals surface area contributed by atoms with Gasteiger partial charge in [-0.15, -0.1) is 0 Å². The molecular weight excluding hydrogens is 127 g/mol. The molecule has 0 N–H and O–H groups in total. The van der Waals surface area contributed by atoms with Crippen molar-refractivity contribution in [1.82, 2.24) is 0 Å². The van der Waals surface area contributed by atoms with E-state index in [1.54, 1.807) is 12.2 Å². The average molecular weight is 138 g/mol. The molecule has 0 unspecified atom stereocenters. The van der Waals surface area contributed by atoms with Crippen LogP contribution in [0.5, 0.6) is 0 Å². The third-order valence-corrected chi connectivity index (χ3v) is 1.45. The molecule has 1 aliphatic carbocycles. The Balaban J connectivity index is 2.87. The smallest absolute Gasteiger partial charge is 0.138 e. The van der Waals surface area contributed by atoms with Gasteiger partial charge in [0.05, 0.1) is 0 Å². The van der Waals surface area contributed by atoms with Crippen molar-refractivity contribution >= 4 is 0 Å². The molecule has 1 rings (SSSR count). The van der Waals surface area contributed by atoms with E-state index in [1.165, 1.54) is 0 Å². The highest BCUT2D eigenvalue weighted by Gasteiger charge is 2.00. The van der Waals surface area contributed by atoms with Gasteiger partial charge in [0.25, 0.3) is 0 Å². The first kappa shape index (κ1) is 7.26. The Kier molecular flexibility index (Phi) is 2.05. The van der Waals surface area contributed by atoms with E-state index < -0.39 is 6.17 Å². The van der Waals surface area contributed by atoms with Gasteiger partial charge in [0.15, 0.2) is 0 Å². The van der Waals surface area contributed by atoms with Crippen LogP contribution < -0.4 is 0 Å². The first-order chi connectivity index (χ1) is 4.68. The van der Waals surface area contributed by atoms with E-state index in [9.17, 15) is 4.39 Å². The quantitative estimate of drug-likeness (QED) is 0.483. The van der Waals surface area contributed by atoms with Crippen molar-refractivity contribution in [3.63, 3.8) is 0 Å². The summed E-state index contributed by atoms with van der Waals surface area (Å²) in [6.07, 6.45) is 6.14. The average Bonchev–Trinajstić information content (AvgIpc) is 1.93. The summed E-state index contributed by atoms with van der Waals surface area (Å²) >= 11 is 0. The van der Waals surface area contributed by atoms with Gasteiger partial charge in [-0.3, -0.25) is 0 Å². The van der Waals surface area contributed by atoms with Gasteiger partial charge in [-0.05, 0) is 26.0 Å². The number of alkyl halides is 1. The highest BCUT2D eigenvalue weighted by molar-refractivity contribution is 5.32. The van der Waals surface area contributed by atoms with Crippen molar-refractivity contribution in [1.29, 1.82) is 0 Å². The number of hydrogen-bond donors (Lipinski definition) is 0. The van der Waals surface area contributed by atoms with E-state index in [0.29, 0.717) is 0 Å². The Hall–Kier alpha value is -0.850. The molecule has 0 fully saturated rings. The van der Waals surface area contributed by atoms with E-state index in [2.05, 4.69) is 0 Å². The number of allylic oxidation sites excluding steroid dienone is 6. The minimum Gasteiger partial charge on any atom is -0.238 e. The minimum absolute atomic E-state index is 0.907. The summed E-state index contributed by atoms with van der Waals surface area (Å²) in [6, 6.07) is 0. The van der Waals surface area contributed by atoms with Crippen molar-refractivity contribution in [2.45, 2.75) is 20.0 Å². The molecule has 0 spiro atoms. The Bertz CT molecular complexity index is 187. The van der Waals surface area contributed by atoms with Crippen LogP contribution in [0.1, 0.15) is 13.8 Å². The lowest BCUT2D eigenvalue weighted by atomic mass is 10.2. The summed E-state index contributed by atoms with van der Waals surface area (Å²) in [6.45, 7) is 3.80. The third kappa shape index (κ3) is 1.83. The Morgan fingerprint density at radius 3 is 1.90 bits per heavy atom. The molecule has 0 heterocycles. The molecule has 1 heteroatoms. The molecule has 0 aromatic rings. The summed E-state index contributed by atoms with van der Waals surface area (Å²) in [5, 5.41) is 0. The Morgan fingerprint density at radius 1 is 1.10 bits per heavy atom. The maximum atomic E-state index is 12.8. The Labute approximate surface area is 60.7 Å². The number of rotatable bonds is 0. The molecular formula is C9H11F. The third-order valence-electron chi connectivity index (χ3n) is 1.45. The van der Waals surface area contributed by atoms with E-state index >= 15 is 0 Å². The standard InChI is InChI=1S/C9H11F/c1-7-3-4-8(2)6-9(10)5-7/h3-6,9H,1-2H3.